The summed E-state index contributed by atoms with van der Waals surface area (Å²) in [5.41, 5.74) is 2.77. The fraction of sp³-hybridized carbons (Fsp3) is 0.200. The molecule has 2 heterocycles. The van der Waals surface area contributed by atoms with Gasteiger partial charge in [-0.25, -0.2) is 4.68 Å². The zero-order valence-electron chi connectivity index (χ0n) is 15.3. The normalized spacial score (nSPS) is 15.5. The van der Waals surface area contributed by atoms with Crippen LogP contribution in [0.5, 0.6) is 5.75 Å². The standard InChI is InChI=1S/C20H19N5O3/c1-13-2-6-15(7-3-13)23-19(27)11-28-16-8-4-14(5-9-16)17-10-18(26)24-20-21-12-22-25(17)20/h2-9,12,17H,10-11H2,1H3,(H,23,27)(H,21,22,24,26)/t17-/m0/s1. The third-order valence-electron chi connectivity index (χ3n) is 4.47. The van der Waals surface area contributed by atoms with Crippen LogP contribution < -0.4 is 15.4 Å². The third-order valence-corrected chi connectivity index (χ3v) is 4.47. The van der Waals surface area contributed by atoms with Gasteiger partial charge in [0.15, 0.2) is 6.61 Å². The number of benzene rings is 2. The molecule has 3 aromatic rings. The first-order valence-electron chi connectivity index (χ1n) is 8.87. The minimum atomic E-state index is -0.232. The highest BCUT2D eigenvalue weighted by atomic mass is 16.5. The first-order chi connectivity index (χ1) is 13.6. The molecule has 2 aromatic carbocycles. The van der Waals surface area contributed by atoms with Crippen LogP contribution in [-0.4, -0.2) is 33.2 Å². The SMILES string of the molecule is Cc1ccc(NC(=O)COc2ccc([C@@H]3CC(=O)Nc4ncnn43)cc2)cc1. The van der Waals surface area contributed by atoms with Crippen molar-refractivity contribution in [2.45, 2.75) is 19.4 Å². The Morgan fingerprint density at radius 2 is 1.96 bits per heavy atom. The molecule has 0 fully saturated rings. The van der Waals surface area contributed by atoms with E-state index in [1.54, 1.807) is 16.8 Å². The van der Waals surface area contributed by atoms with Gasteiger partial charge < -0.3 is 10.1 Å². The second kappa shape index (κ2) is 7.51. The molecule has 1 aliphatic heterocycles. The summed E-state index contributed by atoms with van der Waals surface area (Å²) < 4.78 is 7.24. The van der Waals surface area contributed by atoms with Crippen molar-refractivity contribution in [3.05, 3.63) is 66.0 Å². The summed E-state index contributed by atoms with van der Waals surface area (Å²) in [6.45, 7) is 1.90. The van der Waals surface area contributed by atoms with Crippen LogP contribution in [0.25, 0.3) is 0 Å². The molecule has 0 radical (unpaired) electrons. The Morgan fingerprint density at radius 3 is 2.71 bits per heavy atom. The van der Waals surface area contributed by atoms with E-state index in [9.17, 15) is 9.59 Å². The number of ether oxygens (including phenoxy) is 1. The zero-order valence-corrected chi connectivity index (χ0v) is 15.3. The zero-order chi connectivity index (χ0) is 19.5. The summed E-state index contributed by atoms with van der Waals surface area (Å²) in [6, 6.07) is 14.6. The van der Waals surface area contributed by atoms with Crippen LogP contribution in [0.2, 0.25) is 0 Å². The molecule has 4 rings (SSSR count). The van der Waals surface area contributed by atoms with Gasteiger partial charge in [-0.2, -0.15) is 10.1 Å². The van der Waals surface area contributed by atoms with Gasteiger partial charge in [-0.1, -0.05) is 29.8 Å². The molecule has 2 N–H and O–H groups in total. The highest BCUT2D eigenvalue weighted by molar-refractivity contribution is 5.92. The van der Waals surface area contributed by atoms with Gasteiger partial charge in [-0.15, -0.1) is 0 Å². The molecule has 2 amide bonds. The minimum absolute atomic E-state index is 0.0910. The Balaban J connectivity index is 1.37. The summed E-state index contributed by atoms with van der Waals surface area (Å²) in [6.07, 6.45) is 1.70. The molecule has 0 spiro atoms. The minimum Gasteiger partial charge on any atom is -0.484 e. The van der Waals surface area contributed by atoms with Crippen molar-refractivity contribution in [1.29, 1.82) is 0 Å². The average Bonchev–Trinajstić information content (AvgIpc) is 3.16. The monoisotopic (exact) mass is 377 g/mol. The Morgan fingerprint density at radius 1 is 1.21 bits per heavy atom. The molecule has 8 nitrogen and oxygen atoms in total. The highest BCUT2D eigenvalue weighted by Crippen LogP contribution is 2.29. The van der Waals surface area contributed by atoms with Gasteiger partial charge in [0.05, 0.1) is 12.5 Å². The van der Waals surface area contributed by atoms with Gasteiger partial charge in [0.25, 0.3) is 5.91 Å². The number of carbonyl (C=O) groups excluding carboxylic acids is 2. The van der Waals surface area contributed by atoms with Crippen molar-refractivity contribution >= 4 is 23.5 Å². The molecule has 0 aliphatic carbocycles. The topological polar surface area (TPSA) is 98.1 Å². The van der Waals surface area contributed by atoms with E-state index in [2.05, 4.69) is 20.7 Å². The van der Waals surface area contributed by atoms with Crippen LogP contribution >= 0.6 is 0 Å². The van der Waals surface area contributed by atoms with Gasteiger partial charge in [-0.05, 0) is 36.8 Å². The van der Waals surface area contributed by atoms with E-state index in [0.29, 0.717) is 11.7 Å². The quantitative estimate of drug-likeness (QED) is 0.712. The van der Waals surface area contributed by atoms with Crippen LogP contribution in [0.3, 0.4) is 0 Å². The molecule has 0 bridgehead atoms. The van der Waals surface area contributed by atoms with Crippen molar-refractivity contribution in [1.82, 2.24) is 14.8 Å². The van der Waals surface area contributed by atoms with E-state index < -0.39 is 0 Å². The number of nitrogens with one attached hydrogen (secondary N) is 2. The number of carbonyl (C=O) groups is 2. The van der Waals surface area contributed by atoms with E-state index in [1.165, 1.54) is 6.33 Å². The lowest BCUT2D eigenvalue weighted by atomic mass is 10.0. The molecule has 0 saturated carbocycles. The van der Waals surface area contributed by atoms with Gasteiger partial charge in [0.1, 0.15) is 12.1 Å². The molecular formula is C20H19N5O3. The van der Waals surface area contributed by atoms with E-state index in [-0.39, 0.29) is 30.9 Å². The van der Waals surface area contributed by atoms with Gasteiger partial charge in [-0.3, -0.25) is 14.9 Å². The first kappa shape index (κ1) is 17.7. The maximum Gasteiger partial charge on any atom is 0.262 e. The van der Waals surface area contributed by atoms with Crippen molar-refractivity contribution in [3.63, 3.8) is 0 Å². The van der Waals surface area contributed by atoms with Crippen LogP contribution in [0.15, 0.2) is 54.9 Å². The molecule has 0 saturated heterocycles. The molecule has 142 valence electrons. The van der Waals surface area contributed by atoms with Crippen molar-refractivity contribution in [2.75, 3.05) is 17.2 Å². The predicted molar refractivity (Wildman–Crippen MR) is 103 cm³/mol. The summed E-state index contributed by atoms with van der Waals surface area (Å²) in [5.74, 6) is 0.680. The lowest BCUT2D eigenvalue weighted by Crippen LogP contribution is -2.29. The molecule has 1 aliphatic rings. The molecule has 1 atom stereocenters. The summed E-state index contributed by atoms with van der Waals surface area (Å²) in [4.78, 5) is 27.9. The number of anilines is 2. The van der Waals surface area contributed by atoms with Crippen LogP contribution in [0.1, 0.15) is 23.6 Å². The fourth-order valence-corrected chi connectivity index (χ4v) is 3.03. The van der Waals surface area contributed by atoms with Gasteiger partial charge in [0.2, 0.25) is 11.9 Å². The largest absolute Gasteiger partial charge is 0.484 e. The fourth-order valence-electron chi connectivity index (χ4n) is 3.03. The number of fused-ring (bicyclic) bond motifs is 1. The smallest absolute Gasteiger partial charge is 0.262 e. The summed E-state index contributed by atoms with van der Waals surface area (Å²) >= 11 is 0. The van der Waals surface area contributed by atoms with Crippen LogP contribution in [-0.2, 0) is 9.59 Å². The van der Waals surface area contributed by atoms with Crippen molar-refractivity contribution in [2.24, 2.45) is 0 Å². The predicted octanol–water partition coefficient (Wildman–Crippen LogP) is 2.54. The van der Waals surface area contributed by atoms with Crippen LogP contribution in [0.4, 0.5) is 11.6 Å². The molecular weight excluding hydrogens is 358 g/mol. The van der Waals surface area contributed by atoms with Gasteiger partial charge >= 0.3 is 0 Å². The second-order valence-electron chi connectivity index (χ2n) is 6.57. The van der Waals surface area contributed by atoms with E-state index >= 15 is 0 Å². The van der Waals surface area contributed by atoms with Crippen molar-refractivity contribution < 1.29 is 14.3 Å². The molecule has 28 heavy (non-hydrogen) atoms. The molecule has 8 heteroatoms. The maximum atomic E-state index is 12.0. The van der Waals surface area contributed by atoms with E-state index in [1.807, 2.05) is 43.3 Å². The third kappa shape index (κ3) is 3.85. The van der Waals surface area contributed by atoms with Gasteiger partial charge in [0, 0.05) is 5.69 Å². The number of hydrogen-bond acceptors (Lipinski definition) is 5. The number of rotatable bonds is 5. The molecule has 1 aromatic heterocycles. The van der Waals surface area contributed by atoms with E-state index in [0.717, 1.165) is 16.8 Å². The lowest BCUT2D eigenvalue weighted by molar-refractivity contribution is -0.118. The Hall–Kier alpha value is -3.68. The summed E-state index contributed by atoms with van der Waals surface area (Å²) in [7, 11) is 0. The van der Waals surface area contributed by atoms with Crippen molar-refractivity contribution in [3.8, 4) is 5.75 Å². The number of aromatic nitrogens is 3. The lowest BCUT2D eigenvalue weighted by Gasteiger charge is -2.23. The second-order valence-corrected chi connectivity index (χ2v) is 6.57. The average molecular weight is 377 g/mol. The Bertz CT molecular complexity index is 995. The van der Waals surface area contributed by atoms with Crippen LogP contribution in [0, 0.1) is 6.92 Å². The Labute approximate surface area is 161 Å². The number of amides is 2. The number of hydrogen-bond donors (Lipinski definition) is 2. The number of nitrogens with zero attached hydrogens (tertiary/aromatic N) is 3. The first-order valence-corrected chi connectivity index (χ1v) is 8.87. The summed E-state index contributed by atoms with van der Waals surface area (Å²) in [5, 5.41) is 9.66. The van der Waals surface area contributed by atoms with E-state index in [4.69, 9.17) is 4.74 Å². The maximum absolute atomic E-state index is 12.0. The number of aryl methyl sites for hydroxylation is 1. The highest BCUT2D eigenvalue weighted by Gasteiger charge is 2.27. The Kier molecular flexibility index (Phi) is 4.76. The molecule has 0 unspecified atom stereocenters.